The highest BCUT2D eigenvalue weighted by Crippen LogP contribution is 2.25. The molecule has 0 spiro atoms. The molecule has 0 aliphatic heterocycles. The summed E-state index contributed by atoms with van der Waals surface area (Å²) in [6.45, 7) is 0.926. The molecule has 0 heterocycles. The third-order valence-corrected chi connectivity index (χ3v) is 2.06. The Morgan fingerprint density at radius 2 is 1.94 bits per heavy atom. The van der Waals surface area contributed by atoms with Crippen LogP contribution < -0.4 is 14.8 Å². The van der Waals surface area contributed by atoms with Gasteiger partial charge in [-0.3, -0.25) is 4.79 Å². The molecule has 0 radical (unpaired) electrons. The van der Waals surface area contributed by atoms with Crippen molar-refractivity contribution in [1.82, 2.24) is 5.32 Å². The van der Waals surface area contributed by atoms with Crippen LogP contribution in [-0.2, 0) is 9.53 Å². The first kappa shape index (κ1) is 13.3. The van der Waals surface area contributed by atoms with Gasteiger partial charge in [-0.1, -0.05) is 12.1 Å². The van der Waals surface area contributed by atoms with Gasteiger partial charge in [-0.2, -0.15) is 0 Å². The van der Waals surface area contributed by atoms with Crippen LogP contribution in [0.5, 0.6) is 11.5 Å². The molecule has 0 aliphatic rings. The zero-order chi connectivity index (χ0) is 12.5. The minimum atomic E-state index is -0.187. The molecule has 1 amide bonds. The molecule has 5 nitrogen and oxygen atoms in total. The molecule has 0 atom stereocenters. The van der Waals surface area contributed by atoms with E-state index in [0.29, 0.717) is 24.7 Å². The van der Waals surface area contributed by atoms with Crippen LogP contribution in [-0.4, -0.2) is 39.9 Å². The highest BCUT2D eigenvalue weighted by atomic mass is 16.5. The number of methoxy groups -OCH3 is 2. The molecule has 0 saturated heterocycles. The molecule has 0 unspecified atom stereocenters. The van der Waals surface area contributed by atoms with Gasteiger partial charge in [0.15, 0.2) is 18.1 Å². The number of rotatable bonds is 7. The van der Waals surface area contributed by atoms with Gasteiger partial charge in [0.25, 0.3) is 5.91 Å². The van der Waals surface area contributed by atoms with Gasteiger partial charge in [0, 0.05) is 13.7 Å². The van der Waals surface area contributed by atoms with Gasteiger partial charge >= 0.3 is 0 Å². The predicted octanol–water partition coefficient (Wildman–Crippen LogP) is 0.837. The van der Waals surface area contributed by atoms with Crippen LogP contribution in [0.1, 0.15) is 0 Å². The second-order valence-electron chi connectivity index (χ2n) is 3.28. The molecule has 1 aromatic rings. The lowest BCUT2D eigenvalue weighted by molar-refractivity contribution is -0.123. The van der Waals surface area contributed by atoms with Crippen LogP contribution >= 0.6 is 0 Å². The molecule has 1 N–H and O–H groups in total. The minimum absolute atomic E-state index is 0.0376. The van der Waals surface area contributed by atoms with Gasteiger partial charge in [-0.05, 0) is 12.1 Å². The fourth-order valence-electron chi connectivity index (χ4n) is 1.22. The first-order valence-electron chi connectivity index (χ1n) is 5.29. The Hall–Kier alpha value is -1.75. The molecule has 0 fully saturated rings. The highest BCUT2D eigenvalue weighted by Gasteiger charge is 2.05. The lowest BCUT2D eigenvalue weighted by Gasteiger charge is -2.10. The van der Waals surface area contributed by atoms with Crippen molar-refractivity contribution in [2.75, 3.05) is 34.0 Å². The summed E-state index contributed by atoms with van der Waals surface area (Å²) in [6.07, 6.45) is 0. The number of ether oxygens (including phenoxy) is 3. The van der Waals surface area contributed by atoms with E-state index in [0.717, 1.165) is 0 Å². The van der Waals surface area contributed by atoms with Crippen molar-refractivity contribution < 1.29 is 19.0 Å². The number of amides is 1. The summed E-state index contributed by atoms with van der Waals surface area (Å²) in [6, 6.07) is 7.18. The van der Waals surface area contributed by atoms with E-state index in [1.165, 1.54) is 0 Å². The number of hydrogen-bond donors (Lipinski definition) is 1. The monoisotopic (exact) mass is 239 g/mol. The molecule has 5 heteroatoms. The molecular formula is C12H17NO4. The first-order chi connectivity index (χ1) is 8.27. The van der Waals surface area contributed by atoms with Crippen molar-refractivity contribution >= 4 is 5.91 Å². The van der Waals surface area contributed by atoms with Crippen LogP contribution in [0.3, 0.4) is 0 Å². The van der Waals surface area contributed by atoms with E-state index in [1.54, 1.807) is 26.4 Å². The maximum absolute atomic E-state index is 11.4. The molecule has 0 aromatic heterocycles. The second-order valence-corrected chi connectivity index (χ2v) is 3.28. The molecular weight excluding hydrogens is 222 g/mol. The fraction of sp³-hybridized carbons (Fsp3) is 0.417. The Labute approximate surface area is 101 Å². The standard InChI is InChI=1S/C12H17NO4/c1-15-8-7-13-12(14)9-17-11-6-4-3-5-10(11)16-2/h3-6H,7-9H2,1-2H3,(H,13,14). The third kappa shape index (κ3) is 4.74. The maximum Gasteiger partial charge on any atom is 0.258 e. The number of nitrogens with one attached hydrogen (secondary N) is 1. The Morgan fingerprint density at radius 1 is 1.24 bits per heavy atom. The molecule has 1 rings (SSSR count). The topological polar surface area (TPSA) is 56.8 Å². The molecule has 94 valence electrons. The van der Waals surface area contributed by atoms with E-state index in [9.17, 15) is 4.79 Å². The van der Waals surface area contributed by atoms with E-state index in [1.807, 2.05) is 12.1 Å². The van der Waals surface area contributed by atoms with E-state index >= 15 is 0 Å². The zero-order valence-electron chi connectivity index (χ0n) is 10.1. The van der Waals surface area contributed by atoms with Crippen molar-refractivity contribution in [2.24, 2.45) is 0 Å². The minimum Gasteiger partial charge on any atom is -0.493 e. The lowest BCUT2D eigenvalue weighted by atomic mass is 10.3. The smallest absolute Gasteiger partial charge is 0.258 e. The molecule has 0 bridgehead atoms. The van der Waals surface area contributed by atoms with E-state index in [-0.39, 0.29) is 12.5 Å². The number of hydrogen-bond acceptors (Lipinski definition) is 4. The van der Waals surface area contributed by atoms with Crippen LogP contribution in [0, 0.1) is 0 Å². The largest absolute Gasteiger partial charge is 0.493 e. The second kappa shape index (κ2) is 7.51. The van der Waals surface area contributed by atoms with Crippen LogP contribution in [0.2, 0.25) is 0 Å². The van der Waals surface area contributed by atoms with Crippen LogP contribution in [0.4, 0.5) is 0 Å². The summed E-state index contributed by atoms with van der Waals surface area (Å²) in [5, 5.41) is 2.66. The number of carbonyl (C=O) groups is 1. The maximum atomic E-state index is 11.4. The summed E-state index contributed by atoms with van der Waals surface area (Å²) < 4.78 is 15.3. The number of para-hydroxylation sites is 2. The van der Waals surface area contributed by atoms with E-state index in [4.69, 9.17) is 14.2 Å². The fourth-order valence-corrected chi connectivity index (χ4v) is 1.22. The molecule has 1 aromatic carbocycles. The summed E-state index contributed by atoms with van der Waals surface area (Å²) >= 11 is 0. The van der Waals surface area contributed by atoms with Gasteiger partial charge in [-0.25, -0.2) is 0 Å². The van der Waals surface area contributed by atoms with Gasteiger partial charge in [0.05, 0.1) is 13.7 Å². The Kier molecular flexibility index (Phi) is 5.88. The first-order valence-corrected chi connectivity index (χ1v) is 5.29. The van der Waals surface area contributed by atoms with Crippen molar-refractivity contribution in [3.05, 3.63) is 24.3 Å². The molecule has 0 saturated carbocycles. The van der Waals surface area contributed by atoms with Crippen molar-refractivity contribution in [3.8, 4) is 11.5 Å². The SMILES string of the molecule is COCCNC(=O)COc1ccccc1OC. The highest BCUT2D eigenvalue weighted by molar-refractivity contribution is 5.77. The van der Waals surface area contributed by atoms with Gasteiger partial charge in [0.1, 0.15) is 0 Å². The van der Waals surface area contributed by atoms with Crippen molar-refractivity contribution in [1.29, 1.82) is 0 Å². The summed E-state index contributed by atoms with van der Waals surface area (Å²) in [4.78, 5) is 11.4. The van der Waals surface area contributed by atoms with Crippen LogP contribution in [0.15, 0.2) is 24.3 Å². The van der Waals surface area contributed by atoms with E-state index < -0.39 is 0 Å². The van der Waals surface area contributed by atoms with E-state index in [2.05, 4.69) is 5.32 Å². The average molecular weight is 239 g/mol. The molecule has 17 heavy (non-hydrogen) atoms. The quantitative estimate of drug-likeness (QED) is 0.716. The lowest BCUT2D eigenvalue weighted by Crippen LogP contribution is -2.31. The van der Waals surface area contributed by atoms with Crippen molar-refractivity contribution in [2.45, 2.75) is 0 Å². The summed E-state index contributed by atoms with van der Waals surface area (Å²) in [7, 11) is 3.14. The van der Waals surface area contributed by atoms with Gasteiger partial charge < -0.3 is 19.5 Å². The third-order valence-electron chi connectivity index (χ3n) is 2.06. The Balaban J connectivity index is 2.36. The normalized spacial score (nSPS) is 9.76. The van der Waals surface area contributed by atoms with Crippen molar-refractivity contribution in [3.63, 3.8) is 0 Å². The Bertz CT molecular complexity index is 354. The summed E-state index contributed by atoms with van der Waals surface area (Å²) in [5.74, 6) is 0.974. The number of benzene rings is 1. The zero-order valence-corrected chi connectivity index (χ0v) is 10.1. The summed E-state index contributed by atoms with van der Waals surface area (Å²) in [5.41, 5.74) is 0. The van der Waals surface area contributed by atoms with Gasteiger partial charge in [-0.15, -0.1) is 0 Å². The van der Waals surface area contributed by atoms with Crippen LogP contribution in [0.25, 0.3) is 0 Å². The Morgan fingerprint density at radius 3 is 2.59 bits per heavy atom. The average Bonchev–Trinajstić information content (AvgIpc) is 2.37. The van der Waals surface area contributed by atoms with Gasteiger partial charge in [0.2, 0.25) is 0 Å². The molecule has 0 aliphatic carbocycles. The number of carbonyl (C=O) groups excluding carboxylic acids is 1. The predicted molar refractivity (Wildman–Crippen MR) is 63.4 cm³/mol.